The summed E-state index contributed by atoms with van der Waals surface area (Å²) in [5.74, 6) is 0.632. The number of sulfone groups is 1. The van der Waals surface area contributed by atoms with Crippen LogP contribution in [0.25, 0.3) is 10.6 Å². The molecule has 0 N–H and O–H groups in total. The van der Waals surface area contributed by atoms with Gasteiger partial charge in [-0.1, -0.05) is 23.5 Å². The molecule has 1 fully saturated rings. The van der Waals surface area contributed by atoms with E-state index in [9.17, 15) is 8.42 Å². The van der Waals surface area contributed by atoms with Crippen LogP contribution in [-0.2, 0) is 20.3 Å². The van der Waals surface area contributed by atoms with Gasteiger partial charge in [-0.25, -0.2) is 8.42 Å². The number of hydrogen-bond acceptors (Lipinski definition) is 7. The maximum Gasteiger partial charge on any atom is 0.159 e. The van der Waals surface area contributed by atoms with Crippen molar-refractivity contribution in [1.29, 1.82) is 0 Å². The average Bonchev–Trinajstić information content (AvgIpc) is 3.03. The number of hydrogen-bond donors (Lipinski definition) is 0. The highest BCUT2D eigenvalue weighted by Gasteiger charge is 2.29. The predicted molar refractivity (Wildman–Crippen MR) is 88.4 cm³/mol. The zero-order valence-electron chi connectivity index (χ0n) is 12.8. The quantitative estimate of drug-likeness (QED) is 0.820. The van der Waals surface area contributed by atoms with E-state index in [1.54, 1.807) is 7.11 Å². The van der Waals surface area contributed by atoms with Crippen molar-refractivity contribution in [2.45, 2.75) is 23.8 Å². The number of benzene rings is 1. The second-order valence-corrected chi connectivity index (χ2v) is 8.66. The van der Waals surface area contributed by atoms with Crippen LogP contribution in [0.2, 0.25) is 0 Å². The van der Waals surface area contributed by atoms with E-state index in [1.165, 1.54) is 11.3 Å². The number of aromatic nitrogens is 2. The Hall–Kier alpha value is -1.51. The Labute approximate surface area is 139 Å². The first-order valence-corrected chi connectivity index (χ1v) is 9.88. The molecule has 23 heavy (non-hydrogen) atoms. The van der Waals surface area contributed by atoms with Crippen LogP contribution in [0.1, 0.15) is 17.8 Å². The fourth-order valence-electron chi connectivity index (χ4n) is 2.57. The van der Waals surface area contributed by atoms with Crippen LogP contribution in [0.5, 0.6) is 5.75 Å². The molecule has 1 aliphatic rings. The molecule has 2 heterocycles. The van der Waals surface area contributed by atoms with Gasteiger partial charge in [-0.15, -0.1) is 10.2 Å². The average molecular weight is 354 g/mol. The van der Waals surface area contributed by atoms with Crippen molar-refractivity contribution in [2.75, 3.05) is 20.3 Å². The highest BCUT2D eigenvalue weighted by atomic mass is 32.2. The van der Waals surface area contributed by atoms with E-state index in [2.05, 4.69) is 10.2 Å². The summed E-state index contributed by atoms with van der Waals surface area (Å²) in [6, 6.07) is 7.49. The van der Waals surface area contributed by atoms with Crippen molar-refractivity contribution in [3.05, 3.63) is 29.3 Å². The molecule has 2 aromatic rings. The summed E-state index contributed by atoms with van der Waals surface area (Å²) in [5, 5.41) is 9.01. The Morgan fingerprint density at radius 3 is 2.74 bits per heavy atom. The summed E-state index contributed by atoms with van der Waals surface area (Å²) in [6.45, 7) is 1.01. The number of para-hydroxylation sites is 1. The van der Waals surface area contributed by atoms with E-state index in [1.807, 2.05) is 24.3 Å². The topological polar surface area (TPSA) is 78.4 Å². The van der Waals surface area contributed by atoms with Gasteiger partial charge in [0.1, 0.15) is 16.5 Å². The molecule has 3 rings (SSSR count). The lowest BCUT2D eigenvalue weighted by Crippen LogP contribution is -2.29. The van der Waals surface area contributed by atoms with E-state index in [-0.39, 0.29) is 11.0 Å². The first-order valence-electron chi connectivity index (χ1n) is 7.35. The molecule has 0 unspecified atom stereocenters. The smallest absolute Gasteiger partial charge is 0.159 e. The second-order valence-electron chi connectivity index (χ2n) is 5.32. The molecule has 1 aromatic carbocycles. The molecule has 6 nitrogen and oxygen atoms in total. The van der Waals surface area contributed by atoms with Gasteiger partial charge in [0.2, 0.25) is 0 Å². The van der Waals surface area contributed by atoms with Gasteiger partial charge in [-0.2, -0.15) is 0 Å². The summed E-state index contributed by atoms with van der Waals surface area (Å²) in [5.41, 5.74) is 0.821. The zero-order valence-corrected chi connectivity index (χ0v) is 14.4. The molecular formula is C15H18N2O4S2. The molecule has 0 atom stereocenters. The Bertz CT molecular complexity index is 767. The lowest BCUT2D eigenvalue weighted by atomic mass is 10.2. The minimum absolute atomic E-state index is 0.0650. The number of nitrogens with zero attached hydrogens (tertiary/aromatic N) is 2. The van der Waals surface area contributed by atoms with Crippen molar-refractivity contribution >= 4 is 21.2 Å². The van der Waals surface area contributed by atoms with E-state index in [0.717, 1.165) is 5.56 Å². The molecule has 1 aliphatic heterocycles. The third-order valence-electron chi connectivity index (χ3n) is 3.81. The maximum atomic E-state index is 12.5. The summed E-state index contributed by atoms with van der Waals surface area (Å²) < 4.78 is 35.5. The second kappa shape index (κ2) is 6.94. The summed E-state index contributed by atoms with van der Waals surface area (Å²) in [7, 11) is -1.63. The van der Waals surface area contributed by atoms with Gasteiger partial charge >= 0.3 is 0 Å². The summed E-state index contributed by atoms with van der Waals surface area (Å²) in [4.78, 5) is 0. The Morgan fingerprint density at radius 1 is 1.26 bits per heavy atom. The first-order chi connectivity index (χ1) is 11.1. The molecule has 8 heteroatoms. The molecule has 0 aliphatic carbocycles. The Balaban J connectivity index is 1.79. The van der Waals surface area contributed by atoms with Gasteiger partial charge in [0.25, 0.3) is 0 Å². The minimum atomic E-state index is -3.22. The third-order valence-corrected chi connectivity index (χ3v) is 7.11. The number of methoxy groups -OCH3 is 1. The molecule has 0 amide bonds. The van der Waals surface area contributed by atoms with Crippen LogP contribution in [0.3, 0.4) is 0 Å². The minimum Gasteiger partial charge on any atom is -0.496 e. The van der Waals surface area contributed by atoms with E-state index < -0.39 is 9.84 Å². The van der Waals surface area contributed by atoms with E-state index >= 15 is 0 Å². The van der Waals surface area contributed by atoms with E-state index in [4.69, 9.17) is 9.47 Å². The largest absolute Gasteiger partial charge is 0.496 e. The molecule has 0 bridgehead atoms. The lowest BCUT2D eigenvalue weighted by molar-refractivity contribution is 0.0983. The predicted octanol–water partition coefficient (Wildman–Crippen LogP) is 2.31. The van der Waals surface area contributed by atoms with Crippen molar-refractivity contribution in [2.24, 2.45) is 0 Å². The van der Waals surface area contributed by atoms with Gasteiger partial charge in [0, 0.05) is 13.2 Å². The van der Waals surface area contributed by atoms with Crippen molar-refractivity contribution in [3.63, 3.8) is 0 Å². The summed E-state index contributed by atoms with van der Waals surface area (Å²) >= 11 is 1.29. The molecular weight excluding hydrogens is 336 g/mol. The van der Waals surface area contributed by atoms with Gasteiger partial charge in [0.15, 0.2) is 14.8 Å². The van der Waals surface area contributed by atoms with Crippen LogP contribution < -0.4 is 4.74 Å². The van der Waals surface area contributed by atoms with Crippen molar-refractivity contribution in [1.82, 2.24) is 10.2 Å². The standard InChI is InChI=1S/C15H18N2O4S2/c1-20-13-5-3-2-4-12(13)15-17-16-14(22-15)10-23(18,19)11-6-8-21-9-7-11/h2-5,11H,6-10H2,1H3. The first kappa shape index (κ1) is 16.4. The van der Waals surface area contributed by atoms with Gasteiger partial charge in [-0.05, 0) is 25.0 Å². The van der Waals surface area contributed by atoms with Crippen LogP contribution >= 0.6 is 11.3 Å². The molecule has 0 saturated carbocycles. The van der Waals surface area contributed by atoms with E-state index in [0.29, 0.717) is 41.8 Å². The van der Waals surface area contributed by atoms with Crippen LogP contribution in [-0.4, -0.2) is 44.2 Å². The van der Waals surface area contributed by atoms with Gasteiger partial charge in [0.05, 0.1) is 17.9 Å². The highest BCUT2D eigenvalue weighted by molar-refractivity contribution is 7.91. The maximum absolute atomic E-state index is 12.5. The molecule has 1 saturated heterocycles. The third kappa shape index (κ3) is 3.70. The highest BCUT2D eigenvalue weighted by Crippen LogP contribution is 2.32. The summed E-state index contributed by atoms with van der Waals surface area (Å²) in [6.07, 6.45) is 1.11. The zero-order chi connectivity index (χ0) is 16.3. The molecule has 124 valence electrons. The van der Waals surface area contributed by atoms with Crippen LogP contribution in [0.4, 0.5) is 0 Å². The normalized spacial score (nSPS) is 16.4. The molecule has 0 spiro atoms. The van der Waals surface area contributed by atoms with Crippen molar-refractivity contribution < 1.29 is 17.9 Å². The van der Waals surface area contributed by atoms with Gasteiger partial charge in [-0.3, -0.25) is 0 Å². The van der Waals surface area contributed by atoms with Crippen LogP contribution in [0, 0.1) is 0 Å². The lowest BCUT2D eigenvalue weighted by Gasteiger charge is -2.21. The fourth-order valence-corrected chi connectivity index (χ4v) is 5.51. The van der Waals surface area contributed by atoms with Crippen molar-refractivity contribution in [3.8, 4) is 16.3 Å². The number of rotatable bonds is 5. The molecule has 1 aromatic heterocycles. The monoisotopic (exact) mass is 354 g/mol. The Kier molecular flexibility index (Phi) is 4.93. The van der Waals surface area contributed by atoms with Gasteiger partial charge < -0.3 is 9.47 Å². The SMILES string of the molecule is COc1ccccc1-c1nnc(CS(=O)(=O)C2CCOCC2)s1. The van der Waals surface area contributed by atoms with Crippen LogP contribution in [0.15, 0.2) is 24.3 Å². The Morgan fingerprint density at radius 2 is 2.00 bits per heavy atom. The fraction of sp³-hybridized carbons (Fsp3) is 0.467. The number of ether oxygens (including phenoxy) is 2. The molecule has 0 radical (unpaired) electrons.